The normalized spacial score (nSPS) is 15.2. The summed E-state index contributed by atoms with van der Waals surface area (Å²) < 4.78 is 0. The van der Waals surface area contributed by atoms with Gasteiger partial charge in [0.05, 0.1) is 0 Å². The van der Waals surface area contributed by atoms with Crippen molar-refractivity contribution < 1.29 is 4.79 Å². The van der Waals surface area contributed by atoms with Crippen LogP contribution in [0.25, 0.3) is 6.08 Å². The number of benzene rings is 2. The van der Waals surface area contributed by atoms with Gasteiger partial charge in [-0.25, -0.2) is 4.99 Å². The van der Waals surface area contributed by atoms with E-state index in [9.17, 15) is 4.79 Å². The van der Waals surface area contributed by atoms with E-state index in [1.54, 1.807) is 6.08 Å². The Hall–Kier alpha value is -2.59. The molecule has 1 amide bonds. The number of hydrogen-bond donors (Lipinski definition) is 1. The standard InChI is InChI=1S/C20H20ClN3O/c1-24(2)16-10-7-14(8-11-16)13-18-20(25)23-19(22-18)12-9-15-5-3-4-6-17(15)21/h3-8,10-11,13H,9,12H2,1-2H3,(H,22,23,25)/b18-13+. The predicted octanol–water partition coefficient (Wildman–Crippen LogP) is 3.91. The lowest BCUT2D eigenvalue weighted by molar-refractivity contribution is -0.115. The van der Waals surface area contributed by atoms with Crippen LogP contribution in [0.1, 0.15) is 17.5 Å². The van der Waals surface area contributed by atoms with Gasteiger partial charge in [-0.3, -0.25) is 4.79 Å². The fourth-order valence-electron chi connectivity index (χ4n) is 2.62. The first-order valence-electron chi connectivity index (χ1n) is 8.14. The van der Waals surface area contributed by atoms with Gasteiger partial charge >= 0.3 is 0 Å². The zero-order valence-corrected chi connectivity index (χ0v) is 15.0. The van der Waals surface area contributed by atoms with Gasteiger partial charge in [-0.05, 0) is 41.8 Å². The minimum atomic E-state index is -0.161. The predicted molar refractivity (Wildman–Crippen MR) is 104 cm³/mol. The summed E-state index contributed by atoms with van der Waals surface area (Å²) in [5.74, 6) is 0.520. The van der Waals surface area contributed by atoms with Crippen molar-refractivity contribution in [1.82, 2.24) is 5.32 Å². The zero-order valence-electron chi connectivity index (χ0n) is 14.3. The molecule has 25 heavy (non-hydrogen) atoms. The first kappa shape index (κ1) is 17.2. The molecule has 0 aliphatic carbocycles. The molecule has 1 aliphatic rings. The Labute approximate surface area is 152 Å². The molecule has 0 bridgehead atoms. The molecule has 0 saturated carbocycles. The van der Waals surface area contributed by atoms with Crippen LogP contribution in [0.5, 0.6) is 0 Å². The number of nitrogens with one attached hydrogen (secondary N) is 1. The number of aliphatic imine (C=N–C) groups is 1. The van der Waals surface area contributed by atoms with E-state index in [4.69, 9.17) is 11.6 Å². The molecule has 0 radical (unpaired) electrons. The molecule has 0 spiro atoms. The zero-order chi connectivity index (χ0) is 17.8. The molecule has 0 aromatic heterocycles. The minimum absolute atomic E-state index is 0.161. The highest BCUT2D eigenvalue weighted by molar-refractivity contribution is 6.31. The van der Waals surface area contributed by atoms with Gasteiger partial charge < -0.3 is 10.2 Å². The number of halogens is 1. The molecule has 0 unspecified atom stereocenters. The second-order valence-corrected chi connectivity index (χ2v) is 6.53. The number of anilines is 1. The maximum atomic E-state index is 12.1. The third kappa shape index (κ3) is 4.28. The van der Waals surface area contributed by atoms with E-state index in [0.717, 1.165) is 28.3 Å². The van der Waals surface area contributed by atoms with Gasteiger partial charge in [-0.1, -0.05) is 41.9 Å². The molecule has 0 fully saturated rings. The summed E-state index contributed by atoms with van der Waals surface area (Å²) in [6.07, 6.45) is 3.19. The van der Waals surface area contributed by atoms with E-state index in [0.29, 0.717) is 18.0 Å². The highest BCUT2D eigenvalue weighted by atomic mass is 35.5. The molecule has 3 rings (SSSR count). The van der Waals surface area contributed by atoms with Crippen LogP contribution in [0.3, 0.4) is 0 Å². The fourth-order valence-corrected chi connectivity index (χ4v) is 2.85. The molecule has 1 heterocycles. The molecule has 0 atom stereocenters. The van der Waals surface area contributed by atoms with E-state index in [2.05, 4.69) is 10.3 Å². The topological polar surface area (TPSA) is 44.7 Å². The summed E-state index contributed by atoms with van der Waals surface area (Å²) in [5, 5.41) is 3.57. The summed E-state index contributed by atoms with van der Waals surface area (Å²) in [5.41, 5.74) is 3.55. The summed E-state index contributed by atoms with van der Waals surface area (Å²) in [7, 11) is 3.99. The highest BCUT2D eigenvalue weighted by Gasteiger charge is 2.19. The molecule has 2 aromatic carbocycles. The lowest BCUT2D eigenvalue weighted by Crippen LogP contribution is -2.24. The van der Waals surface area contributed by atoms with Crippen molar-refractivity contribution in [3.63, 3.8) is 0 Å². The number of amides is 1. The molecule has 0 saturated heterocycles. The second kappa shape index (κ2) is 7.53. The van der Waals surface area contributed by atoms with E-state index < -0.39 is 0 Å². The number of carbonyl (C=O) groups is 1. The summed E-state index contributed by atoms with van der Waals surface area (Å²) >= 11 is 6.17. The fraction of sp³-hybridized carbons (Fsp3) is 0.200. The van der Waals surface area contributed by atoms with Crippen molar-refractivity contribution in [2.45, 2.75) is 12.8 Å². The number of aryl methyl sites for hydroxylation is 1. The molecule has 1 N–H and O–H groups in total. The number of nitrogens with zero attached hydrogens (tertiary/aromatic N) is 2. The van der Waals surface area contributed by atoms with Gasteiger partial charge in [0.15, 0.2) is 0 Å². The van der Waals surface area contributed by atoms with Gasteiger partial charge in [0.1, 0.15) is 11.5 Å². The van der Waals surface area contributed by atoms with Crippen LogP contribution in [0, 0.1) is 0 Å². The molecule has 1 aliphatic heterocycles. The summed E-state index contributed by atoms with van der Waals surface area (Å²) in [6.45, 7) is 0. The summed E-state index contributed by atoms with van der Waals surface area (Å²) in [4.78, 5) is 18.6. The Bertz CT molecular complexity index is 838. The van der Waals surface area contributed by atoms with Crippen LogP contribution in [-0.4, -0.2) is 25.8 Å². The Morgan fingerprint density at radius 1 is 1.08 bits per heavy atom. The van der Waals surface area contributed by atoms with Crippen LogP contribution in [0.15, 0.2) is 59.2 Å². The third-order valence-electron chi connectivity index (χ3n) is 4.05. The third-order valence-corrected chi connectivity index (χ3v) is 4.42. The lowest BCUT2D eigenvalue weighted by atomic mass is 10.1. The number of rotatable bonds is 5. The van der Waals surface area contributed by atoms with Crippen LogP contribution >= 0.6 is 11.6 Å². The van der Waals surface area contributed by atoms with Crippen molar-refractivity contribution in [3.8, 4) is 0 Å². The number of amidine groups is 1. The number of carbonyl (C=O) groups excluding carboxylic acids is 1. The van der Waals surface area contributed by atoms with E-state index in [-0.39, 0.29) is 5.91 Å². The Kier molecular flexibility index (Phi) is 5.19. The molecule has 5 heteroatoms. The van der Waals surface area contributed by atoms with Crippen molar-refractivity contribution >= 4 is 35.1 Å². The maximum Gasteiger partial charge on any atom is 0.275 e. The van der Waals surface area contributed by atoms with Crippen LogP contribution in [-0.2, 0) is 11.2 Å². The molecule has 128 valence electrons. The van der Waals surface area contributed by atoms with E-state index in [1.807, 2.05) is 67.5 Å². The Balaban J connectivity index is 1.70. The van der Waals surface area contributed by atoms with Crippen LogP contribution in [0.4, 0.5) is 5.69 Å². The molecule has 2 aromatic rings. The van der Waals surface area contributed by atoms with Crippen molar-refractivity contribution in [1.29, 1.82) is 0 Å². The molecular weight excluding hydrogens is 334 g/mol. The van der Waals surface area contributed by atoms with E-state index >= 15 is 0 Å². The quantitative estimate of drug-likeness (QED) is 0.828. The number of hydrogen-bond acceptors (Lipinski definition) is 3. The Morgan fingerprint density at radius 2 is 1.80 bits per heavy atom. The SMILES string of the molecule is CN(C)c1ccc(/C=C2/N=C(CCc3ccccc3Cl)NC2=O)cc1. The van der Waals surface area contributed by atoms with Gasteiger partial charge in [0.25, 0.3) is 5.91 Å². The van der Waals surface area contributed by atoms with Gasteiger partial charge in [0, 0.05) is 31.2 Å². The smallest absolute Gasteiger partial charge is 0.275 e. The first-order chi connectivity index (χ1) is 12.0. The van der Waals surface area contributed by atoms with Crippen molar-refractivity contribution in [2.24, 2.45) is 4.99 Å². The van der Waals surface area contributed by atoms with E-state index in [1.165, 1.54) is 0 Å². The lowest BCUT2D eigenvalue weighted by Gasteiger charge is -2.11. The van der Waals surface area contributed by atoms with Crippen LogP contribution < -0.4 is 10.2 Å². The summed E-state index contributed by atoms with van der Waals surface area (Å²) in [6, 6.07) is 15.7. The minimum Gasteiger partial charge on any atom is -0.378 e. The second-order valence-electron chi connectivity index (χ2n) is 6.12. The maximum absolute atomic E-state index is 12.1. The molecule has 4 nitrogen and oxygen atoms in total. The average molecular weight is 354 g/mol. The van der Waals surface area contributed by atoms with Gasteiger partial charge in [0.2, 0.25) is 0 Å². The average Bonchev–Trinajstić information content (AvgIpc) is 2.94. The van der Waals surface area contributed by atoms with Crippen molar-refractivity contribution in [3.05, 3.63) is 70.4 Å². The largest absolute Gasteiger partial charge is 0.378 e. The van der Waals surface area contributed by atoms with Crippen LogP contribution in [0.2, 0.25) is 5.02 Å². The monoisotopic (exact) mass is 353 g/mol. The highest BCUT2D eigenvalue weighted by Crippen LogP contribution is 2.19. The molecular formula is C20H20ClN3O. The Morgan fingerprint density at radius 3 is 2.48 bits per heavy atom. The van der Waals surface area contributed by atoms with Gasteiger partial charge in [-0.15, -0.1) is 0 Å². The van der Waals surface area contributed by atoms with Gasteiger partial charge in [-0.2, -0.15) is 0 Å². The van der Waals surface area contributed by atoms with Crippen molar-refractivity contribution in [2.75, 3.05) is 19.0 Å². The first-order valence-corrected chi connectivity index (χ1v) is 8.52.